The van der Waals surface area contributed by atoms with E-state index in [4.69, 9.17) is 2.74 Å². The van der Waals surface area contributed by atoms with E-state index < -0.39 is 33.9 Å². The maximum Gasteiger partial charge on any atom is 0.297 e. The molecule has 0 aliphatic carbocycles. The first-order valence-corrected chi connectivity index (χ1v) is 7.00. The van der Waals surface area contributed by atoms with Gasteiger partial charge in [0.1, 0.15) is 11.6 Å². The quantitative estimate of drug-likeness (QED) is 0.815. The molecule has 0 atom stereocenters. The van der Waals surface area contributed by atoms with Crippen molar-refractivity contribution in [3.8, 4) is 0 Å². The van der Waals surface area contributed by atoms with E-state index in [1.54, 1.807) is 6.92 Å². The molecule has 2 aromatic carbocycles. The van der Waals surface area contributed by atoms with Crippen LogP contribution in [0, 0.1) is 18.6 Å². The van der Waals surface area contributed by atoms with Crippen molar-refractivity contribution in [1.29, 1.82) is 0 Å². The molecule has 2 aromatic rings. The molecule has 6 heteroatoms. The fraction of sp³-hybridized carbons (Fsp3) is 0.143. The van der Waals surface area contributed by atoms with E-state index in [9.17, 15) is 17.2 Å². The molecule has 3 nitrogen and oxygen atoms in total. The van der Waals surface area contributed by atoms with Crippen LogP contribution in [0.3, 0.4) is 0 Å². The summed E-state index contributed by atoms with van der Waals surface area (Å²) in [7, 11) is -4.48. The van der Waals surface area contributed by atoms with Crippen molar-refractivity contribution >= 4 is 10.1 Å². The summed E-state index contributed by atoms with van der Waals surface area (Å²) in [5, 5.41) is 0. The zero-order chi connectivity index (χ0) is 16.5. The molecule has 0 N–H and O–H groups in total. The van der Waals surface area contributed by atoms with Crippen LogP contribution in [0.2, 0.25) is 0 Å². The van der Waals surface area contributed by atoms with E-state index in [-0.39, 0.29) is 4.90 Å². The molecule has 20 heavy (non-hydrogen) atoms. The van der Waals surface area contributed by atoms with Gasteiger partial charge >= 0.3 is 0 Å². The lowest BCUT2D eigenvalue weighted by Crippen LogP contribution is -2.07. The fourth-order valence-corrected chi connectivity index (χ4v) is 2.19. The Balaban J connectivity index is 2.38. The van der Waals surface area contributed by atoms with Crippen LogP contribution in [0.1, 0.15) is 13.9 Å². The molecule has 0 saturated heterocycles. The Morgan fingerprint density at radius 1 is 1.15 bits per heavy atom. The first kappa shape index (κ1) is 12.0. The van der Waals surface area contributed by atoms with Crippen LogP contribution >= 0.6 is 0 Å². The summed E-state index contributed by atoms with van der Waals surface area (Å²) >= 11 is 0. The molecule has 0 saturated carbocycles. The molecule has 0 aliphatic heterocycles. The zero-order valence-electron chi connectivity index (χ0n) is 12.4. The molecule has 0 aromatic heterocycles. The molecule has 0 heterocycles. The molecular weight excluding hydrogens is 286 g/mol. The number of aryl methyl sites for hydroxylation is 1. The SMILES string of the molecule is [2H]C([2H])(OS(=O)(=O)c1ccc(C)cc1)c1cc(F)ccc1F. The molecule has 0 spiro atoms. The summed E-state index contributed by atoms with van der Waals surface area (Å²) in [5.74, 6) is -2.01. The van der Waals surface area contributed by atoms with E-state index in [0.29, 0.717) is 12.1 Å². The number of hydrogen-bond donors (Lipinski definition) is 0. The van der Waals surface area contributed by atoms with Crippen LogP contribution in [0.4, 0.5) is 8.78 Å². The second kappa shape index (κ2) is 5.68. The summed E-state index contributed by atoms with van der Waals surface area (Å²) in [6.45, 7) is -1.30. The van der Waals surface area contributed by atoms with Gasteiger partial charge in [0.15, 0.2) is 0 Å². The van der Waals surface area contributed by atoms with Crippen LogP contribution in [0.15, 0.2) is 47.4 Å². The minimum absolute atomic E-state index is 0.279. The maximum atomic E-state index is 13.6. The predicted octanol–water partition coefficient (Wildman–Crippen LogP) is 3.18. The second-order valence-corrected chi connectivity index (χ2v) is 5.62. The Hall–Kier alpha value is -1.79. The van der Waals surface area contributed by atoms with Gasteiger partial charge in [-0.3, -0.25) is 4.18 Å². The van der Waals surface area contributed by atoms with Crippen LogP contribution in [-0.2, 0) is 20.9 Å². The van der Waals surface area contributed by atoms with Gasteiger partial charge in [0.25, 0.3) is 10.1 Å². The fourth-order valence-electron chi connectivity index (χ4n) is 1.43. The first-order chi connectivity index (χ1) is 10.1. The van der Waals surface area contributed by atoms with E-state index in [1.807, 2.05) is 0 Å². The summed E-state index contributed by atoms with van der Waals surface area (Å²) in [6.07, 6.45) is 0. The van der Waals surface area contributed by atoms with Crippen molar-refractivity contribution in [2.45, 2.75) is 18.4 Å². The summed E-state index contributed by atoms with van der Waals surface area (Å²) < 4.78 is 70.5. The number of hydrogen-bond acceptors (Lipinski definition) is 3. The highest BCUT2D eigenvalue weighted by Gasteiger charge is 2.16. The van der Waals surface area contributed by atoms with Crippen LogP contribution in [-0.4, -0.2) is 8.42 Å². The maximum absolute atomic E-state index is 13.6. The van der Waals surface area contributed by atoms with Gasteiger partial charge in [0, 0.05) is 5.56 Å². The molecule has 0 unspecified atom stereocenters. The molecule has 0 radical (unpaired) electrons. The van der Waals surface area contributed by atoms with E-state index in [2.05, 4.69) is 4.18 Å². The van der Waals surface area contributed by atoms with Crippen LogP contribution < -0.4 is 0 Å². The number of rotatable bonds is 4. The largest absolute Gasteiger partial charge is 0.297 e. The van der Waals surface area contributed by atoms with Crippen molar-refractivity contribution in [3.05, 3.63) is 65.2 Å². The van der Waals surface area contributed by atoms with Crippen LogP contribution in [0.5, 0.6) is 0 Å². The van der Waals surface area contributed by atoms with E-state index >= 15 is 0 Å². The van der Waals surface area contributed by atoms with Gasteiger partial charge in [0.05, 0.1) is 14.2 Å². The number of halogens is 2. The Bertz CT molecular complexity index is 790. The molecule has 0 fully saturated rings. The van der Waals surface area contributed by atoms with Crippen LogP contribution in [0.25, 0.3) is 0 Å². The summed E-state index contributed by atoms with van der Waals surface area (Å²) in [5.41, 5.74) is -0.0266. The average molecular weight is 300 g/mol. The number of benzene rings is 2. The third-order valence-electron chi connectivity index (χ3n) is 2.50. The van der Waals surface area contributed by atoms with Gasteiger partial charge in [-0.25, -0.2) is 8.78 Å². The van der Waals surface area contributed by atoms with E-state index in [0.717, 1.165) is 11.6 Å². The topological polar surface area (TPSA) is 43.4 Å². The average Bonchev–Trinajstić information content (AvgIpc) is 2.40. The highest BCUT2D eigenvalue weighted by molar-refractivity contribution is 7.86. The normalized spacial score (nSPS) is 13.8. The highest BCUT2D eigenvalue weighted by atomic mass is 32.2. The minimum Gasteiger partial charge on any atom is -0.261 e. The molecule has 106 valence electrons. The zero-order valence-corrected chi connectivity index (χ0v) is 11.2. The van der Waals surface area contributed by atoms with Crippen molar-refractivity contribution < 1.29 is 24.1 Å². The van der Waals surface area contributed by atoms with Gasteiger partial charge in [-0.2, -0.15) is 8.42 Å². The van der Waals surface area contributed by atoms with Gasteiger partial charge in [-0.15, -0.1) is 0 Å². The Labute approximate surface area is 118 Å². The minimum atomic E-state index is -4.48. The molecule has 0 amide bonds. The first-order valence-electron chi connectivity index (χ1n) is 6.60. The summed E-state index contributed by atoms with van der Waals surface area (Å²) in [6, 6.07) is 7.54. The smallest absolute Gasteiger partial charge is 0.261 e. The molecular formula is C14H12F2O3S. The van der Waals surface area contributed by atoms with Crippen molar-refractivity contribution in [2.75, 3.05) is 0 Å². The second-order valence-electron chi connectivity index (χ2n) is 4.08. The Kier molecular flexibility index (Phi) is 3.41. The lowest BCUT2D eigenvalue weighted by molar-refractivity contribution is 0.301. The lowest BCUT2D eigenvalue weighted by atomic mass is 10.2. The molecule has 0 aliphatic rings. The van der Waals surface area contributed by atoms with Crippen molar-refractivity contribution in [1.82, 2.24) is 0 Å². The van der Waals surface area contributed by atoms with Gasteiger partial charge in [-0.1, -0.05) is 17.7 Å². The third kappa shape index (κ3) is 3.40. The lowest BCUT2D eigenvalue weighted by Gasteiger charge is -2.07. The van der Waals surface area contributed by atoms with Gasteiger partial charge in [-0.05, 0) is 37.3 Å². The predicted molar refractivity (Wildman–Crippen MR) is 69.5 cm³/mol. The molecule has 0 bridgehead atoms. The third-order valence-corrected chi connectivity index (χ3v) is 3.65. The highest BCUT2D eigenvalue weighted by Crippen LogP contribution is 2.17. The Morgan fingerprint density at radius 3 is 2.45 bits per heavy atom. The molecule has 2 rings (SSSR count). The Morgan fingerprint density at radius 2 is 1.80 bits per heavy atom. The summed E-state index contributed by atoms with van der Waals surface area (Å²) in [4.78, 5) is -0.279. The van der Waals surface area contributed by atoms with E-state index in [1.165, 1.54) is 24.3 Å². The monoisotopic (exact) mass is 300 g/mol. The van der Waals surface area contributed by atoms with Crippen molar-refractivity contribution in [2.24, 2.45) is 0 Å². The van der Waals surface area contributed by atoms with Gasteiger partial charge in [0.2, 0.25) is 0 Å². The van der Waals surface area contributed by atoms with Crippen molar-refractivity contribution in [3.63, 3.8) is 0 Å². The standard InChI is InChI=1S/C14H12F2O3S/c1-10-2-5-13(6-3-10)20(17,18)19-9-11-8-12(15)4-7-14(11)16/h2-8H,9H2,1H3/i9D2. The van der Waals surface area contributed by atoms with Gasteiger partial charge < -0.3 is 0 Å².